The number of rotatable bonds is 2. The highest BCUT2D eigenvalue weighted by Gasteiger charge is 2.10. The van der Waals surface area contributed by atoms with Crippen molar-refractivity contribution in [3.05, 3.63) is 29.6 Å². The first-order valence-corrected chi connectivity index (χ1v) is 5.16. The van der Waals surface area contributed by atoms with Crippen molar-refractivity contribution in [2.24, 2.45) is 5.73 Å². The number of alkyl halides is 1. The molecule has 0 atom stereocenters. The third kappa shape index (κ3) is 1.39. The summed E-state index contributed by atoms with van der Waals surface area (Å²) >= 11 is 3.33. The number of aromatic nitrogens is 2. The SMILES string of the molecule is NC(=O)c1cc(CBr)cc2[nH]cnc12. The van der Waals surface area contributed by atoms with E-state index in [1.54, 1.807) is 12.4 Å². The maximum absolute atomic E-state index is 11.1. The second-order valence-corrected chi connectivity index (χ2v) is 3.50. The number of aromatic amines is 1. The number of fused-ring (bicyclic) bond motifs is 1. The number of hydrogen-bond acceptors (Lipinski definition) is 2. The van der Waals surface area contributed by atoms with E-state index in [4.69, 9.17) is 5.73 Å². The number of amides is 1. The van der Waals surface area contributed by atoms with Crippen molar-refractivity contribution >= 4 is 32.9 Å². The molecule has 3 N–H and O–H groups in total. The van der Waals surface area contributed by atoms with Crippen LogP contribution < -0.4 is 5.73 Å². The summed E-state index contributed by atoms with van der Waals surface area (Å²) in [5, 5.41) is 0.683. The van der Waals surface area contributed by atoms with Gasteiger partial charge in [-0.15, -0.1) is 0 Å². The molecule has 4 nitrogen and oxygen atoms in total. The van der Waals surface area contributed by atoms with Crippen LogP contribution in [0, 0.1) is 0 Å². The standard InChI is InChI=1S/C9H8BrN3O/c10-3-5-1-6(9(11)14)8-7(2-5)12-4-13-8/h1-2,4H,3H2,(H2,11,14)(H,12,13). The number of hydrogen-bond donors (Lipinski definition) is 2. The molecule has 1 amide bonds. The van der Waals surface area contributed by atoms with E-state index < -0.39 is 5.91 Å². The van der Waals surface area contributed by atoms with Gasteiger partial charge in [0.25, 0.3) is 5.91 Å². The van der Waals surface area contributed by atoms with Crippen LogP contribution in [0.3, 0.4) is 0 Å². The second-order valence-electron chi connectivity index (χ2n) is 2.94. The molecule has 0 saturated carbocycles. The number of H-pyrrole nitrogens is 1. The number of halogens is 1. The Balaban J connectivity index is 2.76. The van der Waals surface area contributed by atoms with Gasteiger partial charge in [-0.3, -0.25) is 4.79 Å². The fourth-order valence-electron chi connectivity index (χ4n) is 1.37. The van der Waals surface area contributed by atoms with Crippen molar-refractivity contribution in [2.45, 2.75) is 5.33 Å². The molecule has 0 spiro atoms. The lowest BCUT2D eigenvalue weighted by Crippen LogP contribution is -2.11. The Morgan fingerprint density at radius 2 is 2.36 bits per heavy atom. The summed E-state index contributed by atoms with van der Waals surface area (Å²) in [6, 6.07) is 3.68. The number of carbonyl (C=O) groups is 1. The van der Waals surface area contributed by atoms with Gasteiger partial charge in [0.15, 0.2) is 0 Å². The Morgan fingerprint density at radius 1 is 1.57 bits per heavy atom. The molecule has 2 aromatic rings. The molecular weight excluding hydrogens is 246 g/mol. The van der Waals surface area contributed by atoms with E-state index in [2.05, 4.69) is 25.9 Å². The highest BCUT2D eigenvalue weighted by Crippen LogP contribution is 2.19. The van der Waals surface area contributed by atoms with E-state index in [9.17, 15) is 4.79 Å². The van der Waals surface area contributed by atoms with E-state index in [1.165, 1.54) is 0 Å². The quantitative estimate of drug-likeness (QED) is 0.798. The Hall–Kier alpha value is -1.36. The molecule has 5 heteroatoms. The summed E-state index contributed by atoms with van der Waals surface area (Å²) in [5.41, 5.74) is 8.16. The maximum Gasteiger partial charge on any atom is 0.250 e. The largest absolute Gasteiger partial charge is 0.366 e. The van der Waals surface area contributed by atoms with Crippen molar-refractivity contribution in [3.63, 3.8) is 0 Å². The number of primary amides is 1. The molecule has 0 aliphatic heterocycles. The lowest BCUT2D eigenvalue weighted by Gasteiger charge is -2.00. The first-order chi connectivity index (χ1) is 6.72. The summed E-state index contributed by atoms with van der Waals surface area (Å²) in [4.78, 5) is 18.1. The predicted octanol–water partition coefficient (Wildman–Crippen LogP) is 1.56. The van der Waals surface area contributed by atoms with Crippen LogP contribution in [0.15, 0.2) is 18.5 Å². The lowest BCUT2D eigenvalue weighted by molar-refractivity contribution is 0.100. The number of nitrogens with zero attached hydrogens (tertiary/aromatic N) is 1. The van der Waals surface area contributed by atoms with E-state index in [0.717, 1.165) is 11.1 Å². The zero-order valence-electron chi connectivity index (χ0n) is 7.25. The molecule has 1 aromatic carbocycles. The van der Waals surface area contributed by atoms with Crippen LogP contribution in [-0.2, 0) is 5.33 Å². The molecule has 0 radical (unpaired) electrons. The van der Waals surface area contributed by atoms with Crippen molar-refractivity contribution in [2.75, 3.05) is 0 Å². The molecule has 1 aromatic heterocycles. The molecule has 0 saturated heterocycles. The zero-order valence-corrected chi connectivity index (χ0v) is 8.84. The number of carbonyl (C=O) groups excluding carboxylic acids is 1. The third-order valence-corrected chi connectivity index (χ3v) is 2.65. The molecule has 72 valence electrons. The van der Waals surface area contributed by atoms with Gasteiger partial charge >= 0.3 is 0 Å². The second kappa shape index (κ2) is 3.42. The van der Waals surface area contributed by atoms with Gasteiger partial charge in [-0.25, -0.2) is 4.98 Å². The van der Waals surface area contributed by atoms with Gasteiger partial charge < -0.3 is 10.7 Å². The minimum absolute atomic E-state index is 0.454. The molecule has 2 rings (SSSR count). The monoisotopic (exact) mass is 253 g/mol. The molecule has 14 heavy (non-hydrogen) atoms. The topological polar surface area (TPSA) is 71.8 Å². The Morgan fingerprint density at radius 3 is 3.00 bits per heavy atom. The predicted molar refractivity (Wildman–Crippen MR) is 57.2 cm³/mol. The number of nitrogens with two attached hydrogens (primary N) is 1. The normalized spacial score (nSPS) is 10.6. The molecule has 0 unspecified atom stereocenters. The van der Waals surface area contributed by atoms with Gasteiger partial charge in [-0.2, -0.15) is 0 Å². The van der Waals surface area contributed by atoms with Crippen LogP contribution >= 0.6 is 15.9 Å². The fraction of sp³-hybridized carbons (Fsp3) is 0.111. The molecule has 0 aliphatic carbocycles. The maximum atomic E-state index is 11.1. The van der Waals surface area contributed by atoms with Crippen molar-refractivity contribution in [1.82, 2.24) is 9.97 Å². The van der Waals surface area contributed by atoms with E-state index in [-0.39, 0.29) is 0 Å². The van der Waals surface area contributed by atoms with Crippen molar-refractivity contribution in [1.29, 1.82) is 0 Å². The van der Waals surface area contributed by atoms with E-state index >= 15 is 0 Å². The third-order valence-electron chi connectivity index (χ3n) is 2.00. The summed E-state index contributed by atoms with van der Waals surface area (Å²) in [7, 11) is 0. The Kier molecular flexibility index (Phi) is 2.25. The van der Waals surface area contributed by atoms with Crippen molar-refractivity contribution in [3.8, 4) is 0 Å². The van der Waals surface area contributed by atoms with Gasteiger partial charge in [-0.05, 0) is 17.7 Å². The average molecular weight is 254 g/mol. The highest BCUT2D eigenvalue weighted by atomic mass is 79.9. The molecule has 0 aliphatic rings. The van der Waals surface area contributed by atoms with Crippen LogP contribution in [0.2, 0.25) is 0 Å². The highest BCUT2D eigenvalue weighted by molar-refractivity contribution is 9.08. The van der Waals surface area contributed by atoms with Crippen LogP contribution in [0.5, 0.6) is 0 Å². The number of benzene rings is 1. The summed E-state index contributed by atoms with van der Waals surface area (Å²) in [6.45, 7) is 0. The minimum Gasteiger partial charge on any atom is -0.366 e. The Bertz CT molecular complexity index is 492. The van der Waals surface area contributed by atoms with Crippen LogP contribution in [0.4, 0.5) is 0 Å². The van der Waals surface area contributed by atoms with Crippen LogP contribution in [-0.4, -0.2) is 15.9 Å². The Labute approximate surface area is 88.6 Å². The van der Waals surface area contributed by atoms with Gasteiger partial charge in [-0.1, -0.05) is 15.9 Å². The summed E-state index contributed by atoms with van der Waals surface area (Å²) in [5.74, 6) is -0.454. The van der Waals surface area contributed by atoms with Gasteiger partial charge in [0.1, 0.15) is 5.52 Å². The van der Waals surface area contributed by atoms with E-state index in [0.29, 0.717) is 16.4 Å². The molecule has 0 bridgehead atoms. The average Bonchev–Trinajstić information content (AvgIpc) is 2.63. The first-order valence-electron chi connectivity index (χ1n) is 4.04. The minimum atomic E-state index is -0.454. The summed E-state index contributed by atoms with van der Waals surface area (Å²) in [6.07, 6.45) is 1.55. The molecule has 1 heterocycles. The summed E-state index contributed by atoms with van der Waals surface area (Å²) < 4.78 is 0. The van der Waals surface area contributed by atoms with Crippen LogP contribution in [0.25, 0.3) is 11.0 Å². The molecule has 0 fully saturated rings. The zero-order chi connectivity index (χ0) is 10.1. The number of imidazole rings is 1. The lowest BCUT2D eigenvalue weighted by atomic mass is 10.1. The van der Waals surface area contributed by atoms with Crippen LogP contribution in [0.1, 0.15) is 15.9 Å². The smallest absolute Gasteiger partial charge is 0.250 e. The fourth-order valence-corrected chi connectivity index (χ4v) is 1.70. The van der Waals surface area contributed by atoms with Gasteiger partial charge in [0.2, 0.25) is 0 Å². The van der Waals surface area contributed by atoms with Crippen molar-refractivity contribution < 1.29 is 4.79 Å². The molecular formula is C9H8BrN3O. The van der Waals surface area contributed by atoms with E-state index in [1.807, 2.05) is 6.07 Å². The first kappa shape index (κ1) is 9.21. The van der Waals surface area contributed by atoms with Gasteiger partial charge in [0.05, 0.1) is 17.4 Å². The van der Waals surface area contributed by atoms with Gasteiger partial charge in [0, 0.05) is 5.33 Å². The number of nitrogens with one attached hydrogen (secondary N) is 1.